The van der Waals surface area contributed by atoms with E-state index in [1.165, 1.54) is 6.07 Å². The molecular formula is C15H16N2O3. The quantitative estimate of drug-likeness (QED) is 0.846. The van der Waals surface area contributed by atoms with E-state index in [1.54, 1.807) is 12.1 Å². The summed E-state index contributed by atoms with van der Waals surface area (Å²) in [7, 11) is 0. The Bertz CT molecular complexity index is 599. The maximum absolute atomic E-state index is 10.8. The van der Waals surface area contributed by atoms with E-state index in [0.717, 1.165) is 11.4 Å². The summed E-state index contributed by atoms with van der Waals surface area (Å²) in [5.41, 5.74) is 1.62. The van der Waals surface area contributed by atoms with Gasteiger partial charge < -0.3 is 15.2 Å². The zero-order valence-corrected chi connectivity index (χ0v) is 11.2. The summed E-state index contributed by atoms with van der Waals surface area (Å²) in [6.07, 6.45) is 0. The second kappa shape index (κ2) is 6.56. The SMILES string of the molecule is CCOc1cccc(NCc2cccc(C(=O)O)n2)c1. The molecule has 0 fully saturated rings. The fraction of sp³-hybridized carbons (Fsp3) is 0.200. The number of benzene rings is 1. The van der Waals surface area contributed by atoms with Gasteiger partial charge >= 0.3 is 5.97 Å². The van der Waals surface area contributed by atoms with Gasteiger partial charge in [0.1, 0.15) is 11.4 Å². The standard InChI is InChI=1S/C15H16N2O3/c1-2-20-13-7-3-5-11(9-13)16-10-12-6-4-8-14(17-12)15(18)19/h3-9,16H,2,10H2,1H3,(H,18,19). The number of pyridine rings is 1. The molecule has 0 atom stereocenters. The van der Waals surface area contributed by atoms with Crippen molar-refractivity contribution in [3.8, 4) is 5.75 Å². The van der Waals surface area contributed by atoms with Gasteiger partial charge in [-0.2, -0.15) is 0 Å². The highest BCUT2D eigenvalue weighted by molar-refractivity contribution is 5.85. The minimum Gasteiger partial charge on any atom is -0.494 e. The van der Waals surface area contributed by atoms with Crippen LogP contribution in [0, 0.1) is 0 Å². The first-order valence-electron chi connectivity index (χ1n) is 6.35. The second-order valence-corrected chi connectivity index (χ2v) is 4.13. The molecule has 2 aromatic rings. The van der Waals surface area contributed by atoms with Crippen molar-refractivity contribution in [2.45, 2.75) is 13.5 Å². The van der Waals surface area contributed by atoms with E-state index in [0.29, 0.717) is 18.8 Å². The van der Waals surface area contributed by atoms with Gasteiger partial charge in [0.15, 0.2) is 0 Å². The maximum atomic E-state index is 10.8. The van der Waals surface area contributed by atoms with E-state index < -0.39 is 5.97 Å². The number of hydrogen-bond acceptors (Lipinski definition) is 4. The van der Waals surface area contributed by atoms with Crippen molar-refractivity contribution < 1.29 is 14.6 Å². The molecule has 0 aliphatic heterocycles. The Morgan fingerprint density at radius 2 is 2.10 bits per heavy atom. The van der Waals surface area contributed by atoms with E-state index in [2.05, 4.69) is 10.3 Å². The van der Waals surface area contributed by atoms with E-state index in [1.807, 2.05) is 31.2 Å². The van der Waals surface area contributed by atoms with Crippen LogP contribution in [-0.4, -0.2) is 22.7 Å². The molecule has 5 nitrogen and oxygen atoms in total. The van der Waals surface area contributed by atoms with Crippen molar-refractivity contribution in [1.82, 2.24) is 4.98 Å². The van der Waals surface area contributed by atoms with Crippen LogP contribution < -0.4 is 10.1 Å². The summed E-state index contributed by atoms with van der Waals surface area (Å²) in [5, 5.41) is 12.1. The number of carboxylic acid groups (broad SMARTS) is 1. The smallest absolute Gasteiger partial charge is 0.354 e. The van der Waals surface area contributed by atoms with Crippen LogP contribution in [0.1, 0.15) is 23.1 Å². The lowest BCUT2D eigenvalue weighted by molar-refractivity contribution is 0.0690. The van der Waals surface area contributed by atoms with Crippen LogP contribution in [0.25, 0.3) is 0 Å². The van der Waals surface area contributed by atoms with Crippen LogP contribution in [0.3, 0.4) is 0 Å². The molecule has 0 radical (unpaired) electrons. The number of rotatable bonds is 6. The van der Waals surface area contributed by atoms with Crippen molar-refractivity contribution in [3.63, 3.8) is 0 Å². The first-order valence-corrected chi connectivity index (χ1v) is 6.35. The molecule has 1 aromatic heterocycles. The van der Waals surface area contributed by atoms with Crippen molar-refractivity contribution in [2.24, 2.45) is 0 Å². The number of anilines is 1. The molecular weight excluding hydrogens is 256 g/mol. The Morgan fingerprint density at radius 3 is 2.85 bits per heavy atom. The number of aromatic carboxylic acids is 1. The highest BCUT2D eigenvalue weighted by Gasteiger charge is 2.05. The Hall–Kier alpha value is -2.56. The number of nitrogens with one attached hydrogen (secondary N) is 1. The van der Waals surface area contributed by atoms with Gasteiger partial charge in [-0.05, 0) is 31.2 Å². The summed E-state index contributed by atoms with van der Waals surface area (Å²) in [6.45, 7) is 3.00. The summed E-state index contributed by atoms with van der Waals surface area (Å²) >= 11 is 0. The van der Waals surface area contributed by atoms with Gasteiger partial charge in [-0.1, -0.05) is 12.1 Å². The molecule has 0 amide bonds. The van der Waals surface area contributed by atoms with E-state index in [-0.39, 0.29) is 5.69 Å². The van der Waals surface area contributed by atoms with Crippen molar-refractivity contribution in [2.75, 3.05) is 11.9 Å². The normalized spacial score (nSPS) is 10.1. The highest BCUT2D eigenvalue weighted by atomic mass is 16.5. The molecule has 2 N–H and O–H groups in total. The first kappa shape index (κ1) is 13.9. The monoisotopic (exact) mass is 272 g/mol. The number of nitrogens with zero attached hydrogens (tertiary/aromatic N) is 1. The summed E-state index contributed by atoms with van der Waals surface area (Å²) in [4.78, 5) is 14.9. The molecule has 2 rings (SSSR count). The average molecular weight is 272 g/mol. The van der Waals surface area contributed by atoms with E-state index in [9.17, 15) is 4.79 Å². The molecule has 20 heavy (non-hydrogen) atoms. The molecule has 0 aliphatic carbocycles. The predicted molar refractivity (Wildman–Crippen MR) is 76.1 cm³/mol. The molecule has 0 saturated heterocycles. The Balaban J connectivity index is 2.03. The van der Waals surface area contributed by atoms with Crippen LogP contribution in [-0.2, 0) is 6.54 Å². The number of aromatic nitrogens is 1. The number of ether oxygens (including phenoxy) is 1. The zero-order chi connectivity index (χ0) is 14.4. The molecule has 104 valence electrons. The fourth-order valence-corrected chi connectivity index (χ4v) is 1.75. The minimum atomic E-state index is -1.02. The third kappa shape index (κ3) is 3.71. The molecule has 0 spiro atoms. The largest absolute Gasteiger partial charge is 0.494 e. The predicted octanol–water partition coefficient (Wildman–Crippen LogP) is 2.79. The molecule has 0 aliphatic rings. The minimum absolute atomic E-state index is 0.0485. The first-order chi connectivity index (χ1) is 9.69. The van der Waals surface area contributed by atoms with Crippen molar-refractivity contribution in [3.05, 3.63) is 53.9 Å². The van der Waals surface area contributed by atoms with E-state index in [4.69, 9.17) is 9.84 Å². The zero-order valence-electron chi connectivity index (χ0n) is 11.2. The van der Waals surface area contributed by atoms with Crippen LogP contribution in [0.15, 0.2) is 42.5 Å². The van der Waals surface area contributed by atoms with Gasteiger partial charge in [0.05, 0.1) is 18.8 Å². The second-order valence-electron chi connectivity index (χ2n) is 4.13. The van der Waals surface area contributed by atoms with Crippen LogP contribution in [0.4, 0.5) is 5.69 Å². The van der Waals surface area contributed by atoms with Crippen molar-refractivity contribution >= 4 is 11.7 Å². The highest BCUT2D eigenvalue weighted by Crippen LogP contribution is 2.17. The number of hydrogen-bond donors (Lipinski definition) is 2. The molecule has 1 aromatic carbocycles. The maximum Gasteiger partial charge on any atom is 0.354 e. The lowest BCUT2D eigenvalue weighted by Gasteiger charge is -2.09. The number of carboxylic acids is 1. The third-order valence-electron chi connectivity index (χ3n) is 2.64. The van der Waals surface area contributed by atoms with Gasteiger partial charge in [0.25, 0.3) is 0 Å². The lowest BCUT2D eigenvalue weighted by atomic mass is 10.2. The van der Waals surface area contributed by atoms with Gasteiger partial charge in [-0.25, -0.2) is 9.78 Å². The number of carbonyl (C=O) groups is 1. The molecule has 0 bridgehead atoms. The summed E-state index contributed by atoms with van der Waals surface area (Å²) < 4.78 is 5.42. The summed E-state index contributed by atoms with van der Waals surface area (Å²) in [6, 6.07) is 12.5. The van der Waals surface area contributed by atoms with Crippen LogP contribution in [0.5, 0.6) is 5.75 Å². The average Bonchev–Trinajstić information content (AvgIpc) is 2.46. The van der Waals surface area contributed by atoms with Gasteiger partial charge in [-0.3, -0.25) is 0 Å². The Labute approximate surface area is 117 Å². The van der Waals surface area contributed by atoms with Crippen LogP contribution in [0.2, 0.25) is 0 Å². The van der Waals surface area contributed by atoms with Gasteiger partial charge in [-0.15, -0.1) is 0 Å². The molecule has 1 heterocycles. The lowest BCUT2D eigenvalue weighted by Crippen LogP contribution is -2.06. The molecule has 5 heteroatoms. The topological polar surface area (TPSA) is 71.5 Å². The Kier molecular flexibility index (Phi) is 4.55. The fourth-order valence-electron chi connectivity index (χ4n) is 1.75. The molecule has 0 unspecified atom stereocenters. The van der Waals surface area contributed by atoms with Crippen LogP contribution >= 0.6 is 0 Å². The summed E-state index contributed by atoms with van der Waals surface area (Å²) in [5.74, 6) is -0.227. The molecule has 0 saturated carbocycles. The third-order valence-corrected chi connectivity index (χ3v) is 2.64. The van der Waals surface area contributed by atoms with E-state index >= 15 is 0 Å². The Morgan fingerprint density at radius 1 is 1.30 bits per heavy atom. The van der Waals surface area contributed by atoms with Crippen molar-refractivity contribution in [1.29, 1.82) is 0 Å². The van der Waals surface area contributed by atoms with Gasteiger partial charge in [0.2, 0.25) is 0 Å². The van der Waals surface area contributed by atoms with Gasteiger partial charge in [0, 0.05) is 11.8 Å².